The normalized spacial score (nSPS) is 13.4. The first kappa shape index (κ1) is 14.7. The van der Waals surface area contributed by atoms with Gasteiger partial charge in [-0.15, -0.1) is 0 Å². The van der Waals surface area contributed by atoms with E-state index in [9.17, 15) is 4.79 Å². The Balaban J connectivity index is 2.92. The molecule has 1 aromatic carbocycles. The van der Waals surface area contributed by atoms with Crippen molar-refractivity contribution < 1.29 is 4.79 Å². The van der Waals surface area contributed by atoms with Crippen LogP contribution in [0, 0.1) is 0 Å². The van der Waals surface area contributed by atoms with Gasteiger partial charge < -0.3 is 5.32 Å². The van der Waals surface area contributed by atoms with Crippen molar-refractivity contribution in [3.8, 4) is 0 Å². The standard InChI is InChI=1S/C15H24N2O/c1-11(2)16-14(18)13(17-15(3,4)5)12-9-7-6-8-10-12/h6-11,13,17H,1-5H3,(H,16,18). The van der Waals surface area contributed by atoms with Crippen molar-refractivity contribution in [2.24, 2.45) is 0 Å². The Bertz CT molecular complexity index is 379. The fraction of sp³-hybridized carbons (Fsp3) is 0.533. The molecule has 1 amide bonds. The van der Waals surface area contributed by atoms with Crippen LogP contribution in [0.4, 0.5) is 0 Å². The summed E-state index contributed by atoms with van der Waals surface area (Å²) in [5, 5.41) is 6.33. The number of carbonyl (C=O) groups excluding carboxylic acids is 1. The molecule has 0 heterocycles. The van der Waals surface area contributed by atoms with E-state index in [1.807, 2.05) is 44.2 Å². The topological polar surface area (TPSA) is 41.1 Å². The minimum atomic E-state index is -0.311. The second kappa shape index (κ2) is 6.01. The first-order valence-corrected chi connectivity index (χ1v) is 6.42. The summed E-state index contributed by atoms with van der Waals surface area (Å²) in [4.78, 5) is 12.3. The smallest absolute Gasteiger partial charge is 0.241 e. The molecule has 0 aliphatic heterocycles. The lowest BCUT2D eigenvalue weighted by atomic mass is 10.0. The molecule has 3 nitrogen and oxygen atoms in total. The Kier molecular flexibility index (Phi) is 4.91. The average Bonchev–Trinajstić information content (AvgIpc) is 2.25. The zero-order valence-electron chi connectivity index (χ0n) is 11.9. The molecule has 0 radical (unpaired) electrons. The predicted molar refractivity (Wildman–Crippen MR) is 75.4 cm³/mol. The van der Waals surface area contributed by atoms with Crippen LogP contribution in [0.15, 0.2) is 30.3 Å². The van der Waals surface area contributed by atoms with Crippen molar-refractivity contribution in [2.45, 2.75) is 52.2 Å². The Morgan fingerprint density at radius 1 is 1.11 bits per heavy atom. The number of amides is 1. The third-order valence-electron chi connectivity index (χ3n) is 2.40. The van der Waals surface area contributed by atoms with Crippen molar-refractivity contribution in [3.05, 3.63) is 35.9 Å². The Morgan fingerprint density at radius 3 is 2.11 bits per heavy atom. The molecule has 0 aliphatic rings. The lowest BCUT2D eigenvalue weighted by Crippen LogP contribution is -2.47. The summed E-state index contributed by atoms with van der Waals surface area (Å²) in [6, 6.07) is 9.65. The van der Waals surface area contributed by atoms with Gasteiger partial charge in [-0.1, -0.05) is 30.3 Å². The van der Waals surface area contributed by atoms with Crippen LogP contribution in [0.25, 0.3) is 0 Å². The van der Waals surface area contributed by atoms with E-state index in [4.69, 9.17) is 0 Å². The van der Waals surface area contributed by atoms with Crippen molar-refractivity contribution in [2.75, 3.05) is 0 Å². The number of hydrogen-bond donors (Lipinski definition) is 2. The summed E-state index contributed by atoms with van der Waals surface area (Å²) in [6.45, 7) is 10.1. The molecule has 0 aromatic heterocycles. The number of nitrogens with one attached hydrogen (secondary N) is 2. The van der Waals surface area contributed by atoms with Gasteiger partial charge in [0.25, 0.3) is 0 Å². The summed E-state index contributed by atoms with van der Waals surface area (Å²) in [6.07, 6.45) is 0. The Hall–Kier alpha value is -1.35. The summed E-state index contributed by atoms with van der Waals surface area (Å²) < 4.78 is 0. The van der Waals surface area contributed by atoms with Crippen LogP contribution < -0.4 is 10.6 Å². The first-order valence-electron chi connectivity index (χ1n) is 6.42. The Labute approximate surface area is 110 Å². The Morgan fingerprint density at radius 2 is 1.67 bits per heavy atom. The van der Waals surface area contributed by atoms with Gasteiger partial charge in [0.1, 0.15) is 6.04 Å². The van der Waals surface area contributed by atoms with Crippen LogP contribution in [0.5, 0.6) is 0 Å². The van der Waals surface area contributed by atoms with Crippen molar-refractivity contribution in [3.63, 3.8) is 0 Å². The molecule has 0 aliphatic carbocycles. The number of rotatable bonds is 4. The summed E-state index contributed by atoms with van der Waals surface area (Å²) in [5.41, 5.74) is 0.875. The van der Waals surface area contributed by atoms with E-state index in [1.165, 1.54) is 0 Å². The first-order chi connectivity index (χ1) is 8.29. The molecule has 1 rings (SSSR count). The van der Waals surface area contributed by atoms with E-state index in [1.54, 1.807) is 0 Å². The fourth-order valence-corrected chi connectivity index (χ4v) is 1.75. The van der Waals surface area contributed by atoms with Gasteiger partial charge in [0.15, 0.2) is 0 Å². The van der Waals surface area contributed by atoms with E-state index in [0.29, 0.717) is 0 Å². The third-order valence-corrected chi connectivity index (χ3v) is 2.40. The quantitative estimate of drug-likeness (QED) is 0.860. The number of carbonyl (C=O) groups is 1. The average molecular weight is 248 g/mol. The van der Waals surface area contributed by atoms with Crippen molar-refractivity contribution in [1.82, 2.24) is 10.6 Å². The molecule has 0 saturated heterocycles. The van der Waals surface area contributed by atoms with Gasteiger partial charge in [-0.25, -0.2) is 0 Å². The molecule has 1 unspecified atom stereocenters. The largest absolute Gasteiger partial charge is 0.352 e. The fourth-order valence-electron chi connectivity index (χ4n) is 1.75. The minimum Gasteiger partial charge on any atom is -0.352 e. The van der Waals surface area contributed by atoms with Crippen LogP contribution in [-0.4, -0.2) is 17.5 Å². The molecular weight excluding hydrogens is 224 g/mol. The number of benzene rings is 1. The molecule has 100 valence electrons. The highest BCUT2D eigenvalue weighted by atomic mass is 16.2. The second-order valence-corrected chi connectivity index (χ2v) is 5.90. The van der Waals surface area contributed by atoms with E-state index >= 15 is 0 Å². The van der Waals surface area contributed by atoms with Gasteiger partial charge in [-0.2, -0.15) is 0 Å². The number of hydrogen-bond acceptors (Lipinski definition) is 2. The maximum absolute atomic E-state index is 12.3. The lowest BCUT2D eigenvalue weighted by molar-refractivity contribution is -0.124. The van der Waals surface area contributed by atoms with Gasteiger partial charge in [-0.3, -0.25) is 10.1 Å². The highest BCUT2D eigenvalue weighted by Gasteiger charge is 2.25. The van der Waals surface area contributed by atoms with Gasteiger partial charge in [-0.05, 0) is 40.2 Å². The van der Waals surface area contributed by atoms with Gasteiger partial charge in [0, 0.05) is 11.6 Å². The predicted octanol–water partition coefficient (Wildman–Crippen LogP) is 2.64. The maximum atomic E-state index is 12.3. The summed E-state index contributed by atoms with van der Waals surface area (Å²) in [5.74, 6) is 0.0196. The van der Waals surface area contributed by atoms with Crippen LogP contribution in [0.2, 0.25) is 0 Å². The van der Waals surface area contributed by atoms with Crippen LogP contribution >= 0.6 is 0 Å². The van der Waals surface area contributed by atoms with Gasteiger partial charge in [0.05, 0.1) is 0 Å². The van der Waals surface area contributed by atoms with E-state index < -0.39 is 0 Å². The minimum absolute atomic E-state index is 0.0196. The molecule has 0 spiro atoms. The van der Waals surface area contributed by atoms with Gasteiger partial charge >= 0.3 is 0 Å². The van der Waals surface area contributed by atoms with Crippen LogP contribution in [-0.2, 0) is 4.79 Å². The van der Waals surface area contributed by atoms with Gasteiger partial charge in [0.2, 0.25) is 5.91 Å². The SMILES string of the molecule is CC(C)NC(=O)C(NC(C)(C)C)c1ccccc1. The molecular formula is C15H24N2O. The van der Waals surface area contributed by atoms with Crippen molar-refractivity contribution in [1.29, 1.82) is 0 Å². The van der Waals surface area contributed by atoms with Crippen molar-refractivity contribution >= 4 is 5.91 Å². The van der Waals surface area contributed by atoms with E-state index in [0.717, 1.165) is 5.56 Å². The van der Waals surface area contributed by atoms with Crippen LogP contribution in [0.3, 0.4) is 0 Å². The highest BCUT2D eigenvalue weighted by molar-refractivity contribution is 5.83. The second-order valence-electron chi connectivity index (χ2n) is 5.90. The molecule has 0 fully saturated rings. The summed E-state index contributed by atoms with van der Waals surface area (Å²) in [7, 11) is 0. The summed E-state index contributed by atoms with van der Waals surface area (Å²) >= 11 is 0. The van der Waals surface area contributed by atoms with E-state index in [-0.39, 0.29) is 23.5 Å². The highest BCUT2D eigenvalue weighted by Crippen LogP contribution is 2.17. The lowest BCUT2D eigenvalue weighted by Gasteiger charge is -2.28. The van der Waals surface area contributed by atoms with Crippen LogP contribution in [0.1, 0.15) is 46.2 Å². The molecule has 18 heavy (non-hydrogen) atoms. The molecule has 0 bridgehead atoms. The maximum Gasteiger partial charge on any atom is 0.241 e. The molecule has 0 saturated carbocycles. The molecule has 2 N–H and O–H groups in total. The van der Waals surface area contributed by atoms with E-state index in [2.05, 4.69) is 31.4 Å². The molecule has 1 atom stereocenters. The molecule has 1 aromatic rings. The third kappa shape index (κ3) is 4.88. The zero-order chi connectivity index (χ0) is 13.8. The monoisotopic (exact) mass is 248 g/mol. The molecule has 3 heteroatoms. The zero-order valence-corrected chi connectivity index (χ0v) is 11.9.